The van der Waals surface area contributed by atoms with Gasteiger partial charge in [-0.15, -0.1) is 0 Å². The molecule has 0 atom stereocenters. The zero-order chi connectivity index (χ0) is 23.3. The van der Waals surface area contributed by atoms with Crippen molar-refractivity contribution in [3.8, 4) is 0 Å². The molecule has 0 saturated heterocycles. The van der Waals surface area contributed by atoms with Crippen molar-refractivity contribution in [2.24, 2.45) is 16.7 Å². The molecule has 0 N–H and O–H groups in total. The van der Waals surface area contributed by atoms with Gasteiger partial charge in [0.25, 0.3) is 0 Å². The Morgan fingerprint density at radius 1 is 0.733 bits per heavy atom. The normalized spacial score (nSPS) is 12.4. The monoisotopic (exact) mass is 418 g/mol. The maximum Gasteiger partial charge on any atom is 0.335 e. The van der Waals surface area contributed by atoms with Crippen molar-refractivity contribution in [3.63, 3.8) is 0 Å². The molecule has 0 bridgehead atoms. The molecule has 1 aromatic rings. The summed E-state index contributed by atoms with van der Waals surface area (Å²) in [6.07, 6.45) is 0.522. The molecule has 0 aliphatic rings. The van der Waals surface area contributed by atoms with Crippen LogP contribution in [0.4, 0.5) is 0 Å². The molecule has 0 aliphatic heterocycles. The molecule has 0 unspecified atom stereocenters. The molecule has 30 heavy (non-hydrogen) atoms. The van der Waals surface area contributed by atoms with Crippen molar-refractivity contribution < 1.29 is 28.7 Å². The highest BCUT2D eigenvalue weighted by atomic mass is 16.6. The van der Waals surface area contributed by atoms with Gasteiger partial charge in [0, 0.05) is 0 Å². The number of esters is 4. The lowest BCUT2D eigenvalue weighted by molar-refractivity contribution is -0.178. The average molecular weight is 419 g/mol. The van der Waals surface area contributed by atoms with E-state index in [0.717, 1.165) is 0 Å². The molecule has 0 aromatic heterocycles. The fraction of sp³-hybridized carbons (Fsp3) is 0.583. The number of hydrogen-bond acceptors (Lipinski definition) is 6. The molecule has 6 heteroatoms. The second-order valence-corrected chi connectivity index (χ2v) is 10.1. The summed E-state index contributed by atoms with van der Waals surface area (Å²) in [5, 5.41) is 0. The number of hydrogen-bond donors (Lipinski definition) is 0. The Balaban J connectivity index is 3.55. The first-order valence-corrected chi connectivity index (χ1v) is 10.2. The van der Waals surface area contributed by atoms with Crippen LogP contribution in [-0.4, -0.2) is 23.9 Å². The van der Waals surface area contributed by atoms with E-state index < -0.39 is 40.1 Å². The van der Waals surface area contributed by atoms with E-state index >= 15 is 0 Å². The highest BCUT2D eigenvalue weighted by molar-refractivity contribution is 6.11. The maximum absolute atomic E-state index is 13.4. The fourth-order valence-corrected chi connectivity index (χ4v) is 2.54. The van der Waals surface area contributed by atoms with E-state index in [2.05, 4.69) is 0 Å². The Morgan fingerprint density at radius 3 is 1.47 bits per heavy atom. The molecular weight excluding hydrogens is 384 g/mol. The topological polar surface area (TPSA) is 86.7 Å². The maximum atomic E-state index is 13.4. The van der Waals surface area contributed by atoms with E-state index in [-0.39, 0.29) is 12.3 Å². The highest BCUT2D eigenvalue weighted by Crippen LogP contribution is 2.36. The molecule has 0 radical (unpaired) electrons. The van der Waals surface area contributed by atoms with Gasteiger partial charge in [-0.2, -0.15) is 0 Å². The van der Waals surface area contributed by atoms with Crippen LogP contribution in [0.1, 0.15) is 73.8 Å². The summed E-state index contributed by atoms with van der Waals surface area (Å²) in [7, 11) is 0. The van der Waals surface area contributed by atoms with E-state index in [0.29, 0.717) is 12.0 Å². The average Bonchev–Trinajstić information content (AvgIpc) is 2.61. The minimum absolute atomic E-state index is 0.0428. The van der Waals surface area contributed by atoms with Gasteiger partial charge in [-0.3, -0.25) is 9.59 Å². The summed E-state index contributed by atoms with van der Waals surface area (Å²) in [5.41, 5.74) is -3.49. The molecule has 166 valence electrons. The number of benzene rings is 1. The van der Waals surface area contributed by atoms with Crippen LogP contribution in [-0.2, 0) is 34.1 Å². The van der Waals surface area contributed by atoms with Crippen LogP contribution in [0.2, 0.25) is 0 Å². The lowest BCUT2D eigenvalue weighted by Crippen LogP contribution is -2.49. The van der Waals surface area contributed by atoms with Crippen molar-refractivity contribution in [1.82, 2.24) is 0 Å². The van der Waals surface area contributed by atoms with Crippen molar-refractivity contribution in [1.29, 1.82) is 0 Å². The minimum atomic E-state index is -1.92. The summed E-state index contributed by atoms with van der Waals surface area (Å²) >= 11 is 0. The van der Waals surface area contributed by atoms with E-state index in [1.807, 2.05) is 13.8 Å². The summed E-state index contributed by atoms with van der Waals surface area (Å²) in [6, 6.07) is 8.31. The van der Waals surface area contributed by atoms with Gasteiger partial charge in [-0.25, -0.2) is 9.59 Å². The highest BCUT2D eigenvalue weighted by Gasteiger charge is 2.53. The fourth-order valence-electron chi connectivity index (χ4n) is 2.54. The van der Waals surface area contributed by atoms with Gasteiger partial charge in [-0.05, 0) is 65.9 Å². The Morgan fingerprint density at radius 2 is 1.13 bits per heavy atom. The van der Waals surface area contributed by atoms with Crippen LogP contribution in [0.25, 0.3) is 0 Å². The van der Waals surface area contributed by atoms with Gasteiger partial charge in [-0.1, -0.05) is 44.2 Å². The predicted molar refractivity (Wildman–Crippen MR) is 113 cm³/mol. The second kappa shape index (κ2) is 9.54. The lowest BCUT2D eigenvalue weighted by Gasteiger charge is -2.31. The first kappa shape index (κ1) is 25.5. The lowest BCUT2D eigenvalue weighted by atomic mass is 9.75. The van der Waals surface area contributed by atoms with Crippen LogP contribution in [0, 0.1) is 16.7 Å². The summed E-state index contributed by atoms with van der Waals surface area (Å²) in [5.74, 6) is -3.41. The SMILES string of the molecule is CC(C)CCC(C(=O)OC(=O)C(C)(C)C)(C(=O)OC(=O)C(C)(C)C)c1ccccc1. The third-order valence-electron chi connectivity index (χ3n) is 4.66. The van der Waals surface area contributed by atoms with Crippen LogP contribution >= 0.6 is 0 Å². The Kier molecular flexibility index (Phi) is 8.12. The standard InChI is InChI=1S/C24H34O6/c1-16(2)14-15-24(17-12-10-9-11-13-17,20(27)29-18(25)22(3,4)5)21(28)30-19(26)23(6,7)8/h9-13,16H,14-15H2,1-8H3. The molecule has 1 rings (SSSR count). The van der Waals surface area contributed by atoms with E-state index in [4.69, 9.17) is 9.47 Å². The molecular formula is C24H34O6. The Bertz CT molecular complexity index is 738. The van der Waals surface area contributed by atoms with Gasteiger partial charge < -0.3 is 9.47 Å². The quantitative estimate of drug-likeness (QED) is 0.496. The van der Waals surface area contributed by atoms with Gasteiger partial charge in [0.2, 0.25) is 0 Å². The zero-order valence-corrected chi connectivity index (χ0v) is 19.3. The van der Waals surface area contributed by atoms with Crippen LogP contribution < -0.4 is 0 Å². The zero-order valence-electron chi connectivity index (χ0n) is 19.3. The summed E-state index contributed by atoms with van der Waals surface area (Å²) < 4.78 is 10.3. The molecule has 1 aromatic carbocycles. The molecule has 0 aliphatic carbocycles. The van der Waals surface area contributed by atoms with Gasteiger partial charge in [0.15, 0.2) is 5.41 Å². The van der Waals surface area contributed by atoms with Crippen molar-refractivity contribution in [3.05, 3.63) is 35.9 Å². The van der Waals surface area contributed by atoms with Crippen LogP contribution in [0.3, 0.4) is 0 Å². The third-order valence-corrected chi connectivity index (χ3v) is 4.66. The van der Waals surface area contributed by atoms with E-state index in [1.165, 1.54) is 0 Å². The molecule has 0 amide bonds. The van der Waals surface area contributed by atoms with Gasteiger partial charge >= 0.3 is 23.9 Å². The van der Waals surface area contributed by atoms with E-state index in [9.17, 15) is 19.2 Å². The number of carbonyl (C=O) groups excluding carboxylic acids is 4. The molecule has 0 saturated carbocycles. The predicted octanol–water partition coefficient (Wildman–Crippen LogP) is 4.59. The first-order chi connectivity index (χ1) is 13.6. The first-order valence-electron chi connectivity index (χ1n) is 10.2. The van der Waals surface area contributed by atoms with Gasteiger partial charge in [0.1, 0.15) is 0 Å². The number of ether oxygens (including phenoxy) is 2. The number of rotatable bonds is 6. The van der Waals surface area contributed by atoms with Crippen molar-refractivity contribution in [2.75, 3.05) is 0 Å². The molecule has 0 spiro atoms. The van der Waals surface area contributed by atoms with Crippen LogP contribution in [0.5, 0.6) is 0 Å². The summed E-state index contributed by atoms with van der Waals surface area (Å²) in [4.78, 5) is 51.6. The molecule has 0 fully saturated rings. The summed E-state index contributed by atoms with van der Waals surface area (Å²) in [6.45, 7) is 13.6. The van der Waals surface area contributed by atoms with Crippen LogP contribution in [0.15, 0.2) is 30.3 Å². The second-order valence-electron chi connectivity index (χ2n) is 10.1. The largest absolute Gasteiger partial charge is 0.392 e. The smallest absolute Gasteiger partial charge is 0.335 e. The molecule has 0 heterocycles. The molecule has 6 nitrogen and oxygen atoms in total. The van der Waals surface area contributed by atoms with E-state index in [1.54, 1.807) is 71.9 Å². The minimum Gasteiger partial charge on any atom is -0.392 e. The van der Waals surface area contributed by atoms with Crippen molar-refractivity contribution in [2.45, 2.75) is 73.6 Å². The Labute approximate surface area is 179 Å². The Hall–Kier alpha value is -2.50. The third kappa shape index (κ3) is 6.25. The van der Waals surface area contributed by atoms with Crippen molar-refractivity contribution >= 4 is 23.9 Å². The van der Waals surface area contributed by atoms with Gasteiger partial charge in [0.05, 0.1) is 10.8 Å². The number of carbonyl (C=O) groups is 4.